The maximum Gasteiger partial charge on any atom is 0.293 e. The number of benzene rings is 4. The maximum absolute atomic E-state index is 11.9. The fraction of sp³-hybridized carbons (Fsp3) is 0.600. The number of rotatable bonds is 24. The molecular formula is C80H121NO4. The van der Waals surface area contributed by atoms with Gasteiger partial charge in [0.25, 0.3) is 6.47 Å². The molecule has 0 spiro atoms. The monoisotopic (exact) mass is 1160 g/mol. The van der Waals surface area contributed by atoms with Crippen LogP contribution in [0.15, 0.2) is 85.2 Å². The number of hydrogen-bond donors (Lipinski definition) is 1. The van der Waals surface area contributed by atoms with Crippen molar-refractivity contribution >= 4 is 6.47 Å². The third-order valence-corrected chi connectivity index (χ3v) is 17.4. The van der Waals surface area contributed by atoms with Crippen molar-refractivity contribution in [1.82, 2.24) is 0 Å². The van der Waals surface area contributed by atoms with Gasteiger partial charge < -0.3 is 14.6 Å². The molecule has 5 heteroatoms. The number of ether oxygens (including phenoxy) is 2. The summed E-state index contributed by atoms with van der Waals surface area (Å²) >= 11 is 0. The highest BCUT2D eigenvalue weighted by Crippen LogP contribution is 2.42. The molecule has 0 heterocycles. The summed E-state index contributed by atoms with van der Waals surface area (Å²) in [6.07, 6.45) is 11.4. The first-order chi connectivity index (χ1) is 38.8. The number of allylic oxidation sites excluding steroid dienone is 3. The lowest BCUT2D eigenvalue weighted by atomic mass is 9.75. The Kier molecular flexibility index (Phi) is 25.7. The van der Waals surface area contributed by atoms with Gasteiger partial charge in [0.2, 0.25) is 0 Å². The molecule has 4 aromatic carbocycles. The molecule has 0 bridgehead atoms. The Hall–Kier alpha value is -5.34. The van der Waals surface area contributed by atoms with E-state index in [1.807, 2.05) is 0 Å². The first-order valence-corrected chi connectivity index (χ1v) is 32.2. The van der Waals surface area contributed by atoms with Crippen LogP contribution in [0.25, 0.3) is 0 Å². The van der Waals surface area contributed by atoms with Gasteiger partial charge in [-0.1, -0.05) is 245 Å². The molecule has 470 valence electrons. The van der Waals surface area contributed by atoms with E-state index < -0.39 is 5.41 Å². The van der Waals surface area contributed by atoms with Crippen LogP contribution in [0.2, 0.25) is 0 Å². The van der Waals surface area contributed by atoms with Gasteiger partial charge in [0.1, 0.15) is 5.75 Å². The normalized spacial score (nSPS) is 13.3. The summed E-state index contributed by atoms with van der Waals surface area (Å²) in [6, 6.07) is 20.8. The molecule has 4 aromatic rings. The van der Waals surface area contributed by atoms with Crippen molar-refractivity contribution in [3.8, 4) is 11.8 Å². The number of aryl methyl sites for hydroxylation is 5. The number of hydrogen-bond acceptors (Lipinski definition) is 5. The zero-order chi connectivity index (χ0) is 65.1. The minimum absolute atomic E-state index is 0.00874. The Morgan fingerprint density at radius 1 is 0.482 bits per heavy atom. The molecular weight excluding hydrogens is 1040 g/mol. The van der Waals surface area contributed by atoms with Crippen LogP contribution in [-0.2, 0) is 84.3 Å². The van der Waals surface area contributed by atoms with Gasteiger partial charge in [0, 0.05) is 11.8 Å². The van der Waals surface area contributed by atoms with E-state index in [0.29, 0.717) is 31.0 Å². The largest absolute Gasteiger partial charge is 0.507 e. The van der Waals surface area contributed by atoms with Crippen molar-refractivity contribution in [2.24, 2.45) is 5.41 Å². The Balaban J connectivity index is 0.000000841. The Morgan fingerprint density at radius 3 is 1.18 bits per heavy atom. The number of aromatic hydroxyl groups is 1. The van der Waals surface area contributed by atoms with E-state index in [4.69, 9.17) is 9.47 Å². The molecule has 5 nitrogen and oxygen atoms in total. The zero-order valence-electron chi connectivity index (χ0n) is 59.0. The molecule has 1 N–H and O–H groups in total. The molecule has 1 unspecified atom stereocenters. The summed E-state index contributed by atoms with van der Waals surface area (Å²) in [7, 11) is 0. The highest BCUT2D eigenvalue weighted by molar-refractivity contribution is 5.53. The van der Waals surface area contributed by atoms with Crippen molar-refractivity contribution in [3.63, 3.8) is 0 Å². The molecule has 0 radical (unpaired) electrons. The van der Waals surface area contributed by atoms with E-state index in [2.05, 4.69) is 247 Å². The molecule has 0 saturated carbocycles. The van der Waals surface area contributed by atoms with Crippen LogP contribution in [0, 0.1) is 30.6 Å². The van der Waals surface area contributed by atoms with Gasteiger partial charge in [-0.05, 0) is 200 Å². The van der Waals surface area contributed by atoms with Crippen LogP contribution < -0.4 is 0 Å². The second kappa shape index (κ2) is 29.6. The number of carbonyl (C=O) groups is 1. The van der Waals surface area contributed by atoms with Gasteiger partial charge in [-0.2, -0.15) is 5.26 Å². The van der Waals surface area contributed by atoms with Crippen molar-refractivity contribution in [2.45, 2.75) is 294 Å². The van der Waals surface area contributed by atoms with Crippen molar-refractivity contribution in [2.75, 3.05) is 13.2 Å². The molecule has 0 aromatic heterocycles. The summed E-state index contributed by atoms with van der Waals surface area (Å²) in [6.45, 7) is 70.6. The van der Waals surface area contributed by atoms with Gasteiger partial charge in [-0.25, -0.2) is 0 Å². The molecule has 0 amide bonds. The number of nitrogens with zero attached hydrogens (tertiary/aromatic N) is 1. The predicted molar refractivity (Wildman–Crippen MR) is 367 cm³/mol. The van der Waals surface area contributed by atoms with Crippen LogP contribution in [-0.4, -0.2) is 24.8 Å². The lowest BCUT2D eigenvalue weighted by Crippen LogP contribution is -2.33. The van der Waals surface area contributed by atoms with Crippen LogP contribution in [0.5, 0.6) is 5.75 Å². The van der Waals surface area contributed by atoms with Crippen molar-refractivity contribution in [1.29, 1.82) is 5.26 Å². The maximum atomic E-state index is 11.9. The zero-order valence-corrected chi connectivity index (χ0v) is 59.0. The van der Waals surface area contributed by atoms with Gasteiger partial charge in [0.15, 0.2) is 0 Å². The molecule has 0 aliphatic heterocycles. The van der Waals surface area contributed by atoms with Crippen LogP contribution in [0.4, 0.5) is 0 Å². The lowest BCUT2D eigenvalue weighted by molar-refractivity contribution is -0.133. The minimum atomic E-state index is -0.464. The van der Waals surface area contributed by atoms with E-state index in [1.165, 1.54) is 72.3 Å². The smallest absolute Gasteiger partial charge is 0.293 e. The molecule has 85 heavy (non-hydrogen) atoms. The van der Waals surface area contributed by atoms with Crippen LogP contribution in [0.3, 0.4) is 0 Å². The Labute approximate surface area is 522 Å². The molecule has 0 aliphatic carbocycles. The Bertz CT molecular complexity index is 2770. The first kappa shape index (κ1) is 73.9. The van der Waals surface area contributed by atoms with E-state index in [-0.39, 0.29) is 44.5 Å². The summed E-state index contributed by atoms with van der Waals surface area (Å²) in [4.78, 5) is 11.9. The van der Waals surface area contributed by atoms with E-state index in [1.54, 1.807) is 0 Å². The van der Waals surface area contributed by atoms with Gasteiger partial charge in [-0.15, -0.1) is 0 Å². The molecule has 0 fully saturated rings. The number of phenolic OH excluding ortho intramolecular Hbond substituents is 1. The highest BCUT2D eigenvalue weighted by atomic mass is 16.5. The minimum Gasteiger partial charge on any atom is -0.507 e. The second-order valence-corrected chi connectivity index (χ2v) is 32.5. The van der Waals surface area contributed by atoms with E-state index >= 15 is 0 Å². The number of carbonyl (C=O) groups excluding carboxylic acids is 1. The quantitative estimate of drug-likeness (QED) is 0.0430. The fourth-order valence-corrected chi connectivity index (χ4v) is 12.1. The summed E-state index contributed by atoms with van der Waals surface area (Å²) in [5, 5.41) is 20.9. The third kappa shape index (κ3) is 21.8. The molecule has 0 aliphatic rings. The standard InChI is InChI=1S/C62H94O4.C18H27N/c1-22-50-33-47(34-51(45(50)5)57(7,8)9)26-23-42(2)29-31-62(39-65-41-63,32-30-43(3)24-27-48-35-52(58(10,11)12)46(6)53(36-48)59(13,14)15)40-66-44(4)25-28-49-37-54(60(16,17)18)56(64)55(38-49)61(19,20)21;1-8-9-13-10-15(17(2,3)4)14(12-19)16(11-13)18(5,6)7/h33-38,41,64H,2-4,22-32,39-40H2,1,5-21H3;10-11H,8-9H2,1-7H3. The number of phenols is 1. The van der Waals surface area contributed by atoms with Gasteiger partial charge in [-0.3, -0.25) is 4.79 Å². The summed E-state index contributed by atoms with van der Waals surface area (Å²) in [5.74, 6) is 1.09. The lowest BCUT2D eigenvalue weighted by Gasteiger charge is -2.34. The first-order valence-electron chi connectivity index (χ1n) is 32.2. The molecule has 0 saturated heterocycles. The van der Waals surface area contributed by atoms with Crippen LogP contribution in [0.1, 0.15) is 294 Å². The van der Waals surface area contributed by atoms with E-state index in [0.717, 1.165) is 99.3 Å². The SMILES string of the molecule is C=C(CCc1cc(CC)c(C)c(C(C)(C)C)c1)CCC(CCC(=C)CCc1cc(C(C)(C)C)c(C)c(C(C)(C)C)c1)(COC=O)COC(=C)CCc1cc(C(C)(C)C)c(O)c(C(C)(C)C)c1.CCCc1cc(C(C)(C)C)c(C#N)c(C(C)(C)C)c1. The third-order valence-electron chi connectivity index (χ3n) is 17.4. The van der Waals surface area contributed by atoms with Gasteiger partial charge in [0.05, 0.1) is 30.6 Å². The van der Waals surface area contributed by atoms with Crippen molar-refractivity contribution in [3.05, 3.63) is 169 Å². The Morgan fingerprint density at radius 2 is 0.824 bits per heavy atom. The van der Waals surface area contributed by atoms with Crippen LogP contribution >= 0.6 is 0 Å². The molecule has 1 atom stereocenters. The number of nitriles is 1. The van der Waals surface area contributed by atoms with E-state index in [9.17, 15) is 15.2 Å². The fourth-order valence-electron chi connectivity index (χ4n) is 12.1. The predicted octanol–water partition coefficient (Wildman–Crippen LogP) is 21.7. The summed E-state index contributed by atoms with van der Waals surface area (Å²) < 4.78 is 12.3. The van der Waals surface area contributed by atoms with Gasteiger partial charge >= 0.3 is 0 Å². The molecule has 4 rings (SSSR count). The summed E-state index contributed by atoms with van der Waals surface area (Å²) in [5.41, 5.74) is 20.6. The topological polar surface area (TPSA) is 79.6 Å². The average Bonchev–Trinajstić information content (AvgIpc) is 1.77. The highest BCUT2D eigenvalue weighted by Gasteiger charge is 2.34. The average molecular weight is 1160 g/mol. The van der Waals surface area contributed by atoms with Crippen molar-refractivity contribution < 1.29 is 19.4 Å². The second-order valence-electron chi connectivity index (χ2n) is 32.5.